The predicted molar refractivity (Wildman–Crippen MR) is 82.5 cm³/mol. The van der Waals surface area contributed by atoms with Gasteiger partial charge in [-0.25, -0.2) is 13.2 Å². The summed E-state index contributed by atoms with van der Waals surface area (Å²) in [6, 6.07) is 4.89. The highest BCUT2D eigenvalue weighted by atomic mass is 19.2. The first-order chi connectivity index (χ1) is 12.1. The van der Waals surface area contributed by atoms with Crippen molar-refractivity contribution in [2.75, 3.05) is 32.8 Å². The van der Waals surface area contributed by atoms with Crippen molar-refractivity contribution in [1.29, 1.82) is 0 Å². The molecule has 25 heavy (non-hydrogen) atoms. The number of halogens is 3. The van der Waals surface area contributed by atoms with Crippen LogP contribution in [0.2, 0.25) is 0 Å². The van der Waals surface area contributed by atoms with E-state index < -0.39 is 28.9 Å². The lowest BCUT2D eigenvalue weighted by Crippen LogP contribution is -2.43. The Bertz CT molecular complexity index is 731. The lowest BCUT2D eigenvalue weighted by molar-refractivity contribution is 0.0118. The van der Waals surface area contributed by atoms with Crippen LogP contribution in [0.25, 0.3) is 0 Å². The normalized spacial score (nSPS) is 16.6. The van der Waals surface area contributed by atoms with Crippen molar-refractivity contribution in [3.8, 4) is 0 Å². The van der Waals surface area contributed by atoms with E-state index in [1.165, 1.54) is 6.26 Å². The fourth-order valence-electron chi connectivity index (χ4n) is 2.77. The number of rotatable bonds is 5. The number of carbonyl (C=O) groups excluding carboxylic acids is 1. The molecule has 1 saturated heterocycles. The fraction of sp³-hybridized carbons (Fsp3) is 0.353. The first-order valence-electron chi connectivity index (χ1n) is 7.85. The monoisotopic (exact) mass is 354 g/mol. The molecule has 1 unspecified atom stereocenters. The summed E-state index contributed by atoms with van der Waals surface area (Å²) in [5.41, 5.74) is -0.543. The molecule has 2 heterocycles. The molecule has 1 amide bonds. The Morgan fingerprint density at radius 2 is 1.92 bits per heavy atom. The van der Waals surface area contributed by atoms with Crippen LogP contribution >= 0.6 is 0 Å². The number of carbonyl (C=O) groups is 1. The van der Waals surface area contributed by atoms with Crippen LogP contribution in [-0.2, 0) is 4.74 Å². The average molecular weight is 354 g/mol. The Kier molecular flexibility index (Phi) is 5.40. The van der Waals surface area contributed by atoms with Gasteiger partial charge in [0.2, 0.25) is 0 Å². The van der Waals surface area contributed by atoms with Gasteiger partial charge in [0.25, 0.3) is 5.91 Å². The molecular formula is C17H17F3N2O3. The Morgan fingerprint density at radius 3 is 2.60 bits per heavy atom. The molecule has 1 aromatic carbocycles. The van der Waals surface area contributed by atoms with E-state index >= 15 is 0 Å². The van der Waals surface area contributed by atoms with Crippen molar-refractivity contribution in [3.05, 3.63) is 59.3 Å². The third-order valence-corrected chi connectivity index (χ3v) is 4.09. The van der Waals surface area contributed by atoms with Crippen LogP contribution in [0.3, 0.4) is 0 Å². The Hall–Kier alpha value is -2.32. The van der Waals surface area contributed by atoms with E-state index in [2.05, 4.69) is 10.2 Å². The number of amides is 1. The lowest BCUT2D eigenvalue weighted by Gasteiger charge is -2.33. The topological polar surface area (TPSA) is 54.7 Å². The van der Waals surface area contributed by atoms with Gasteiger partial charge >= 0.3 is 0 Å². The molecule has 1 atom stereocenters. The second-order valence-corrected chi connectivity index (χ2v) is 5.61. The van der Waals surface area contributed by atoms with Gasteiger partial charge in [0.05, 0.1) is 31.1 Å². The molecule has 1 aliphatic rings. The smallest absolute Gasteiger partial charge is 0.254 e. The van der Waals surface area contributed by atoms with Crippen LogP contribution in [0.1, 0.15) is 22.2 Å². The molecule has 0 saturated carbocycles. The second-order valence-electron chi connectivity index (χ2n) is 5.61. The predicted octanol–water partition coefficient (Wildman–Crippen LogP) is 2.50. The summed E-state index contributed by atoms with van der Waals surface area (Å²) >= 11 is 0. The molecule has 2 aromatic rings. The highest BCUT2D eigenvalue weighted by Gasteiger charge is 2.26. The number of nitrogens with one attached hydrogen (secondary N) is 1. The number of morpholine rings is 1. The van der Waals surface area contributed by atoms with Crippen LogP contribution in [0.4, 0.5) is 13.2 Å². The van der Waals surface area contributed by atoms with Crippen LogP contribution in [0.5, 0.6) is 0 Å². The number of nitrogens with zero attached hydrogens (tertiary/aromatic N) is 1. The minimum absolute atomic E-state index is 0.130. The molecule has 134 valence electrons. The van der Waals surface area contributed by atoms with Crippen LogP contribution in [-0.4, -0.2) is 43.7 Å². The van der Waals surface area contributed by atoms with Gasteiger partial charge in [-0.3, -0.25) is 9.69 Å². The standard InChI is InChI=1S/C17H17F3N2O3/c18-12-4-3-11(15(19)16(12)20)17(23)21-10-13(14-2-1-7-25-14)22-5-8-24-9-6-22/h1-4,7,13H,5-6,8-10H2,(H,21,23). The number of hydrogen-bond acceptors (Lipinski definition) is 4. The Balaban J connectivity index is 1.72. The van der Waals surface area contributed by atoms with E-state index in [9.17, 15) is 18.0 Å². The van der Waals surface area contributed by atoms with E-state index in [1.807, 2.05) is 0 Å². The molecule has 1 aliphatic heterocycles. The zero-order valence-corrected chi connectivity index (χ0v) is 13.3. The van der Waals surface area contributed by atoms with Crippen LogP contribution < -0.4 is 5.32 Å². The SMILES string of the molecule is O=C(NCC(c1ccco1)N1CCOCC1)c1ccc(F)c(F)c1F. The van der Waals surface area contributed by atoms with Gasteiger partial charge in [0.15, 0.2) is 17.5 Å². The third-order valence-electron chi connectivity index (χ3n) is 4.09. The van der Waals surface area contributed by atoms with Crippen LogP contribution in [0.15, 0.2) is 34.9 Å². The summed E-state index contributed by atoms with van der Waals surface area (Å²) in [5, 5.41) is 2.56. The Morgan fingerprint density at radius 1 is 1.16 bits per heavy atom. The van der Waals surface area contributed by atoms with Crippen molar-refractivity contribution in [1.82, 2.24) is 10.2 Å². The van der Waals surface area contributed by atoms with E-state index in [0.717, 1.165) is 12.1 Å². The minimum atomic E-state index is -1.66. The molecule has 1 N–H and O–H groups in total. The number of ether oxygens (including phenoxy) is 1. The summed E-state index contributed by atoms with van der Waals surface area (Å²) in [6.07, 6.45) is 1.53. The van der Waals surface area contributed by atoms with E-state index in [-0.39, 0.29) is 12.6 Å². The summed E-state index contributed by atoms with van der Waals surface area (Å²) in [5.74, 6) is -4.67. The lowest BCUT2D eigenvalue weighted by atomic mass is 10.1. The minimum Gasteiger partial charge on any atom is -0.468 e. The maximum atomic E-state index is 13.7. The van der Waals surface area contributed by atoms with Crippen molar-refractivity contribution in [3.63, 3.8) is 0 Å². The summed E-state index contributed by atoms with van der Waals surface area (Å²) in [7, 11) is 0. The maximum absolute atomic E-state index is 13.7. The molecule has 0 bridgehead atoms. The number of hydrogen-bond donors (Lipinski definition) is 1. The second kappa shape index (κ2) is 7.71. The van der Waals surface area contributed by atoms with Gasteiger partial charge < -0.3 is 14.5 Å². The Labute approximate surface area is 142 Å². The quantitative estimate of drug-likeness (QED) is 0.839. The maximum Gasteiger partial charge on any atom is 0.254 e. The van der Waals surface area contributed by atoms with Crippen molar-refractivity contribution >= 4 is 5.91 Å². The van der Waals surface area contributed by atoms with Gasteiger partial charge in [-0.15, -0.1) is 0 Å². The number of furan rings is 1. The summed E-state index contributed by atoms with van der Waals surface area (Å²) in [6.45, 7) is 2.55. The summed E-state index contributed by atoms with van der Waals surface area (Å²) < 4.78 is 50.8. The average Bonchev–Trinajstić information content (AvgIpc) is 3.15. The van der Waals surface area contributed by atoms with Gasteiger partial charge in [-0.2, -0.15) is 0 Å². The van der Waals surface area contributed by atoms with E-state index in [0.29, 0.717) is 32.1 Å². The van der Waals surface area contributed by atoms with Crippen molar-refractivity contribution < 1.29 is 27.1 Å². The van der Waals surface area contributed by atoms with Crippen molar-refractivity contribution in [2.24, 2.45) is 0 Å². The first-order valence-corrected chi connectivity index (χ1v) is 7.85. The van der Waals surface area contributed by atoms with Gasteiger partial charge in [-0.1, -0.05) is 0 Å². The molecule has 3 rings (SSSR count). The van der Waals surface area contributed by atoms with Gasteiger partial charge in [0, 0.05) is 19.6 Å². The molecule has 1 aromatic heterocycles. The molecule has 5 nitrogen and oxygen atoms in total. The zero-order valence-electron chi connectivity index (χ0n) is 13.3. The molecule has 0 aliphatic carbocycles. The highest BCUT2D eigenvalue weighted by molar-refractivity contribution is 5.94. The van der Waals surface area contributed by atoms with Crippen LogP contribution in [0, 0.1) is 17.5 Å². The van der Waals surface area contributed by atoms with Crippen molar-refractivity contribution in [2.45, 2.75) is 6.04 Å². The molecular weight excluding hydrogens is 337 g/mol. The first kappa shape index (κ1) is 17.5. The largest absolute Gasteiger partial charge is 0.468 e. The fourth-order valence-corrected chi connectivity index (χ4v) is 2.77. The van der Waals surface area contributed by atoms with E-state index in [1.54, 1.807) is 12.1 Å². The molecule has 8 heteroatoms. The van der Waals surface area contributed by atoms with Gasteiger partial charge in [0.1, 0.15) is 5.76 Å². The molecule has 0 spiro atoms. The zero-order chi connectivity index (χ0) is 17.8. The molecule has 0 radical (unpaired) electrons. The van der Waals surface area contributed by atoms with E-state index in [4.69, 9.17) is 9.15 Å². The van der Waals surface area contributed by atoms with Gasteiger partial charge in [-0.05, 0) is 24.3 Å². The number of benzene rings is 1. The summed E-state index contributed by atoms with van der Waals surface area (Å²) in [4.78, 5) is 14.2. The highest BCUT2D eigenvalue weighted by Crippen LogP contribution is 2.22. The third kappa shape index (κ3) is 3.85. The molecule has 1 fully saturated rings.